The smallest absolute Gasteiger partial charge is 0.271 e. The largest absolute Gasteiger partial charge is 0.497 e. The van der Waals surface area contributed by atoms with Gasteiger partial charge in [0, 0.05) is 21.7 Å². The molecule has 0 radical (unpaired) electrons. The van der Waals surface area contributed by atoms with E-state index in [1.807, 2.05) is 25.1 Å². The van der Waals surface area contributed by atoms with E-state index in [0.29, 0.717) is 22.8 Å². The Morgan fingerprint density at radius 2 is 1.88 bits per heavy atom. The van der Waals surface area contributed by atoms with Gasteiger partial charge in [-0.1, -0.05) is 22.0 Å². The van der Waals surface area contributed by atoms with Gasteiger partial charge in [0.25, 0.3) is 5.91 Å². The minimum absolute atomic E-state index is 0.275. The van der Waals surface area contributed by atoms with E-state index in [2.05, 4.69) is 26.5 Å². The molecule has 0 saturated heterocycles. The van der Waals surface area contributed by atoms with Crippen LogP contribution in [0.5, 0.6) is 11.5 Å². The number of carbonyl (C=O) groups is 1. The minimum Gasteiger partial charge on any atom is -0.497 e. The molecule has 6 heteroatoms. The molecule has 0 fully saturated rings. The first kappa shape index (κ1) is 18.0. The Kier molecular flexibility index (Phi) is 5.98. The standard InChI is InChI=1S/C18H19BrN2O3/c1-11-5-6-13(9-16(11)19)18(22)21-20-12(2)15-8-7-14(23-3)10-17(15)24-4/h5-10H,1-4H3,(H,21,22). The number of nitrogens with zero attached hydrogens (tertiary/aromatic N) is 1. The molecule has 0 aromatic heterocycles. The summed E-state index contributed by atoms with van der Waals surface area (Å²) in [6, 6.07) is 10.8. The van der Waals surface area contributed by atoms with Crippen molar-refractivity contribution in [2.24, 2.45) is 5.10 Å². The van der Waals surface area contributed by atoms with Crippen molar-refractivity contribution in [3.05, 3.63) is 57.6 Å². The van der Waals surface area contributed by atoms with Gasteiger partial charge in [0.15, 0.2) is 0 Å². The molecule has 1 N–H and O–H groups in total. The Morgan fingerprint density at radius 3 is 2.50 bits per heavy atom. The number of carbonyl (C=O) groups excluding carboxylic acids is 1. The van der Waals surface area contributed by atoms with Gasteiger partial charge in [-0.25, -0.2) is 5.43 Å². The molecule has 0 atom stereocenters. The highest BCUT2D eigenvalue weighted by atomic mass is 79.9. The van der Waals surface area contributed by atoms with Crippen LogP contribution in [-0.2, 0) is 0 Å². The predicted molar refractivity (Wildman–Crippen MR) is 98.1 cm³/mol. The molecule has 0 saturated carbocycles. The van der Waals surface area contributed by atoms with Gasteiger partial charge in [-0.15, -0.1) is 0 Å². The molecule has 2 aromatic rings. The number of ether oxygens (including phenoxy) is 2. The third-order valence-corrected chi connectivity index (χ3v) is 4.41. The van der Waals surface area contributed by atoms with Crippen LogP contribution in [0.1, 0.15) is 28.4 Å². The van der Waals surface area contributed by atoms with Crippen molar-refractivity contribution in [2.75, 3.05) is 14.2 Å². The molecule has 0 spiro atoms. The summed E-state index contributed by atoms with van der Waals surface area (Å²) in [6.07, 6.45) is 0. The van der Waals surface area contributed by atoms with Gasteiger partial charge in [-0.3, -0.25) is 4.79 Å². The monoisotopic (exact) mass is 390 g/mol. The Labute approximate surface area is 149 Å². The molecule has 2 aromatic carbocycles. The van der Waals surface area contributed by atoms with Crippen LogP contribution in [0.4, 0.5) is 0 Å². The van der Waals surface area contributed by atoms with Crippen molar-refractivity contribution in [3.63, 3.8) is 0 Å². The molecular weight excluding hydrogens is 372 g/mol. The van der Waals surface area contributed by atoms with Crippen molar-refractivity contribution >= 4 is 27.5 Å². The zero-order valence-corrected chi connectivity index (χ0v) is 15.6. The molecular formula is C18H19BrN2O3. The molecule has 126 valence electrons. The van der Waals surface area contributed by atoms with E-state index in [4.69, 9.17) is 9.47 Å². The minimum atomic E-state index is -0.275. The van der Waals surface area contributed by atoms with E-state index < -0.39 is 0 Å². The van der Waals surface area contributed by atoms with E-state index in [1.54, 1.807) is 39.3 Å². The summed E-state index contributed by atoms with van der Waals surface area (Å²) in [7, 11) is 3.17. The molecule has 24 heavy (non-hydrogen) atoms. The average Bonchev–Trinajstić information content (AvgIpc) is 2.60. The third kappa shape index (κ3) is 4.14. The number of nitrogens with one attached hydrogen (secondary N) is 1. The summed E-state index contributed by atoms with van der Waals surface area (Å²) in [5.41, 5.74) is 5.58. The lowest BCUT2D eigenvalue weighted by Gasteiger charge is -2.10. The van der Waals surface area contributed by atoms with Crippen LogP contribution >= 0.6 is 15.9 Å². The van der Waals surface area contributed by atoms with Crippen LogP contribution in [0.25, 0.3) is 0 Å². The molecule has 1 amide bonds. The molecule has 0 heterocycles. The average molecular weight is 391 g/mol. The topological polar surface area (TPSA) is 59.9 Å². The number of hydrogen-bond donors (Lipinski definition) is 1. The Balaban J connectivity index is 2.19. The lowest BCUT2D eigenvalue weighted by molar-refractivity contribution is 0.0954. The Bertz CT molecular complexity index is 788. The fourth-order valence-corrected chi connectivity index (χ4v) is 2.47. The second-order valence-corrected chi connectivity index (χ2v) is 6.02. The summed E-state index contributed by atoms with van der Waals surface area (Å²) in [4.78, 5) is 12.2. The second kappa shape index (κ2) is 7.97. The third-order valence-electron chi connectivity index (χ3n) is 3.56. The van der Waals surface area contributed by atoms with Gasteiger partial charge in [0.2, 0.25) is 0 Å². The number of hydrogen-bond acceptors (Lipinski definition) is 4. The van der Waals surface area contributed by atoms with Crippen molar-refractivity contribution in [3.8, 4) is 11.5 Å². The normalized spacial score (nSPS) is 11.1. The highest BCUT2D eigenvalue weighted by Crippen LogP contribution is 2.25. The molecule has 0 aliphatic heterocycles. The molecule has 5 nitrogen and oxygen atoms in total. The number of amides is 1. The summed E-state index contributed by atoms with van der Waals surface area (Å²) < 4.78 is 11.4. The Hall–Kier alpha value is -2.34. The quantitative estimate of drug-likeness (QED) is 0.621. The van der Waals surface area contributed by atoms with Gasteiger partial charge < -0.3 is 9.47 Å². The predicted octanol–water partition coefficient (Wildman–Crippen LogP) is 3.93. The first-order valence-electron chi connectivity index (χ1n) is 7.29. The van der Waals surface area contributed by atoms with Crippen LogP contribution in [0, 0.1) is 6.92 Å². The van der Waals surface area contributed by atoms with Crippen LogP contribution in [0.2, 0.25) is 0 Å². The molecule has 2 rings (SSSR count). The number of benzene rings is 2. The van der Waals surface area contributed by atoms with E-state index >= 15 is 0 Å². The highest BCUT2D eigenvalue weighted by Gasteiger charge is 2.10. The van der Waals surface area contributed by atoms with E-state index in [-0.39, 0.29) is 5.91 Å². The number of rotatable bonds is 5. The fourth-order valence-electron chi connectivity index (χ4n) is 2.09. The number of methoxy groups -OCH3 is 2. The summed E-state index contributed by atoms with van der Waals surface area (Å²) in [6.45, 7) is 3.76. The highest BCUT2D eigenvalue weighted by molar-refractivity contribution is 9.10. The second-order valence-electron chi connectivity index (χ2n) is 5.17. The van der Waals surface area contributed by atoms with E-state index in [0.717, 1.165) is 15.6 Å². The lowest BCUT2D eigenvalue weighted by Crippen LogP contribution is -2.19. The summed E-state index contributed by atoms with van der Waals surface area (Å²) >= 11 is 3.42. The summed E-state index contributed by atoms with van der Waals surface area (Å²) in [5, 5.41) is 4.17. The van der Waals surface area contributed by atoms with Crippen molar-refractivity contribution < 1.29 is 14.3 Å². The number of hydrazone groups is 1. The fraction of sp³-hybridized carbons (Fsp3) is 0.222. The van der Waals surface area contributed by atoms with Gasteiger partial charge in [-0.05, 0) is 43.7 Å². The molecule has 0 aliphatic rings. The maximum atomic E-state index is 12.2. The van der Waals surface area contributed by atoms with Crippen LogP contribution < -0.4 is 14.9 Å². The van der Waals surface area contributed by atoms with Gasteiger partial charge in [0.1, 0.15) is 11.5 Å². The maximum absolute atomic E-state index is 12.2. The molecule has 0 unspecified atom stereocenters. The van der Waals surface area contributed by atoms with Crippen LogP contribution in [-0.4, -0.2) is 25.8 Å². The van der Waals surface area contributed by atoms with Crippen LogP contribution in [0.15, 0.2) is 46.0 Å². The number of halogens is 1. The molecule has 0 bridgehead atoms. The first-order valence-corrected chi connectivity index (χ1v) is 8.08. The lowest BCUT2D eigenvalue weighted by atomic mass is 10.1. The van der Waals surface area contributed by atoms with Crippen molar-refractivity contribution in [2.45, 2.75) is 13.8 Å². The van der Waals surface area contributed by atoms with Gasteiger partial charge in [-0.2, -0.15) is 5.10 Å². The number of aryl methyl sites for hydroxylation is 1. The zero-order valence-electron chi connectivity index (χ0n) is 14.0. The van der Waals surface area contributed by atoms with Crippen molar-refractivity contribution in [1.29, 1.82) is 0 Å². The van der Waals surface area contributed by atoms with Gasteiger partial charge >= 0.3 is 0 Å². The van der Waals surface area contributed by atoms with E-state index in [1.165, 1.54) is 0 Å². The van der Waals surface area contributed by atoms with Crippen LogP contribution in [0.3, 0.4) is 0 Å². The van der Waals surface area contributed by atoms with Gasteiger partial charge in [0.05, 0.1) is 19.9 Å². The van der Waals surface area contributed by atoms with E-state index in [9.17, 15) is 4.79 Å². The summed E-state index contributed by atoms with van der Waals surface area (Å²) in [5.74, 6) is 1.04. The first-order chi connectivity index (χ1) is 11.5. The zero-order chi connectivity index (χ0) is 17.7. The maximum Gasteiger partial charge on any atom is 0.271 e. The Morgan fingerprint density at radius 1 is 1.12 bits per heavy atom. The SMILES string of the molecule is COc1ccc(C(C)=NNC(=O)c2ccc(C)c(Br)c2)c(OC)c1. The van der Waals surface area contributed by atoms with Crippen molar-refractivity contribution in [1.82, 2.24) is 5.43 Å². The molecule has 0 aliphatic carbocycles.